The number of alkyl halides is 2. The first-order valence-corrected chi connectivity index (χ1v) is 2.03. The van der Waals surface area contributed by atoms with Gasteiger partial charge in [0.1, 0.15) is 0 Å². The molecular weight excluding hydrogens is 150 g/mol. The van der Waals surface area contributed by atoms with E-state index in [4.69, 9.17) is 28.3 Å². The Balaban J connectivity index is 0. The van der Waals surface area contributed by atoms with Crippen LogP contribution in [0.15, 0.2) is 0 Å². The first-order chi connectivity index (χ1) is 2.64. The van der Waals surface area contributed by atoms with Crippen LogP contribution in [0, 0.1) is 0 Å². The molecule has 7 heavy (non-hydrogen) atoms. The van der Waals surface area contributed by atoms with Crippen LogP contribution in [0.25, 0.3) is 0 Å². The second-order valence-corrected chi connectivity index (χ2v) is 1.74. The van der Waals surface area contributed by atoms with Crippen LogP contribution >= 0.6 is 23.2 Å². The first kappa shape index (κ1) is 10.9. The molecule has 0 spiro atoms. The van der Waals surface area contributed by atoms with Crippen molar-refractivity contribution in [1.29, 1.82) is 0 Å². The van der Waals surface area contributed by atoms with E-state index in [9.17, 15) is 4.79 Å². The zero-order valence-corrected chi connectivity index (χ0v) is 7.20. The maximum atomic E-state index is 9.44. The average molecular weight is 152 g/mol. The van der Waals surface area contributed by atoms with Crippen molar-refractivity contribution in [3.63, 3.8) is 0 Å². The Morgan fingerprint density at radius 1 is 1.57 bits per heavy atom. The van der Waals surface area contributed by atoms with Crippen LogP contribution in [0.1, 0.15) is 0 Å². The molecular formula is C2H2Cl2NaO2+. The molecule has 0 aliphatic heterocycles. The number of aliphatic carboxylic acids is 1. The zero-order valence-electron chi connectivity index (χ0n) is 3.69. The molecule has 0 saturated heterocycles. The second-order valence-electron chi connectivity index (χ2n) is 0.639. The van der Waals surface area contributed by atoms with Crippen LogP contribution in [0.5, 0.6) is 0 Å². The molecule has 0 aliphatic rings. The molecule has 0 atom stereocenters. The van der Waals surface area contributed by atoms with Crippen molar-refractivity contribution in [3.05, 3.63) is 0 Å². The number of hydrogen-bond acceptors (Lipinski definition) is 1. The van der Waals surface area contributed by atoms with Crippen molar-refractivity contribution in [1.82, 2.24) is 0 Å². The van der Waals surface area contributed by atoms with E-state index < -0.39 is 10.8 Å². The molecule has 0 aromatic rings. The Bertz CT molecular complexity index is 64.7. The fourth-order valence-electron chi connectivity index (χ4n) is 0. The maximum absolute atomic E-state index is 9.44. The Morgan fingerprint density at radius 3 is 1.71 bits per heavy atom. The van der Waals surface area contributed by atoms with Crippen molar-refractivity contribution < 1.29 is 39.5 Å². The van der Waals surface area contributed by atoms with Gasteiger partial charge in [0.25, 0.3) is 0 Å². The minimum Gasteiger partial charge on any atom is -0.479 e. The van der Waals surface area contributed by atoms with Gasteiger partial charge in [0.2, 0.25) is 4.84 Å². The van der Waals surface area contributed by atoms with Gasteiger partial charge in [-0.2, -0.15) is 0 Å². The van der Waals surface area contributed by atoms with Crippen LogP contribution in [0.4, 0.5) is 0 Å². The predicted molar refractivity (Wildman–Crippen MR) is 23.1 cm³/mol. The van der Waals surface area contributed by atoms with Crippen molar-refractivity contribution in [2.45, 2.75) is 4.84 Å². The van der Waals surface area contributed by atoms with Crippen LogP contribution in [-0.4, -0.2) is 15.9 Å². The van der Waals surface area contributed by atoms with Crippen molar-refractivity contribution >= 4 is 29.2 Å². The molecule has 0 fully saturated rings. The molecule has 0 radical (unpaired) electrons. The summed E-state index contributed by atoms with van der Waals surface area (Å²) in [7, 11) is 0. The predicted octanol–water partition coefficient (Wildman–Crippen LogP) is -2.12. The van der Waals surface area contributed by atoms with Gasteiger partial charge in [0.15, 0.2) is 0 Å². The molecule has 0 amide bonds. The van der Waals surface area contributed by atoms with Gasteiger partial charge in [-0.25, -0.2) is 4.79 Å². The van der Waals surface area contributed by atoms with Gasteiger partial charge >= 0.3 is 35.5 Å². The molecule has 1 N–H and O–H groups in total. The zero-order chi connectivity index (χ0) is 5.15. The fraction of sp³-hybridized carbons (Fsp3) is 0.500. The van der Waals surface area contributed by atoms with Gasteiger partial charge in [0.05, 0.1) is 0 Å². The van der Waals surface area contributed by atoms with E-state index in [1.165, 1.54) is 0 Å². The summed E-state index contributed by atoms with van der Waals surface area (Å²) in [5.41, 5.74) is 0. The Hall–Kier alpha value is 1.05. The summed E-state index contributed by atoms with van der Waals surface area (Å²) in [5.74, 6) is -1.21. The summed E-state index contributed by atoms with van der Waals surface area (Å²) < 4.78 is 0. The molecule has 0 aromatic heterocycles. The third-order valence-electron chi connectivity index (χ3n) is 0.187. The standard InChI is InChI=1S/C2H2Cl2O2.Na/c3-1(4)2(5)6;/h1H,(H,5,6);/q;+1. The fourth-order valence-corrected chi connectivity index (χ4v) is 0. The number of halogens is 2. The molecule has 0 bridgehead atoms. The van der Waals surface area contributed by atoms with E-state index in [2.05, 4.69) is 0 Å². The van der Waals surface area contributed by atoms with E-state index in [0.29, 0.717) is 0 Å². The monoisotopic (exact) mass is 151 g/mol. The third kappa shape index (κ3) is 7.05. The normalized spacial score (nSPS) is 7.86. The smallest absolute Gasteiger partial charge is 0.479 e. The number of carbonyl (C=O) groups is 1. The van der Waals surface area contributed by atoms with E-state index in [-0.39, 0.29) is 29.6 Å². The van der Waals surface area contributed by atoms with Crippen molar-refractivity contribution in [3.8, 4) is 0 Å². The minimum absolute atomic E-state index is 0. The van der Waals surface area contributed by atoms with E-state index in [1.807, 2.05) is 0 Å². The first-order valence-electron chi connectivity index (χ1n) is 1.15. The SMILES string of the molecule is O=C(O)C(Cl)Cl.[Na+]. The molecule has 0 heterocycles. The molecule has 0 saturated carbocycles. The molecule has 0 aromatic carbocycles. The molecule has 36 valence electrons. The molecule has 0 aliphatic carbocycles. The van der Waals surface area contributed by atoms with Crippen LogP contribution in [-0.2, 0) is 4.79 Å². The summed E-state index contributed by atoms with van der Waals surface area (Å²) >= 11 is 9.56. The number of hydrogen-bond donors (Lipinski definition) is 1. The van der Waals surface area contributed by atoms with Crippen LogP contribution in [0.3, 0.4) is 0 Å². The summed E-state index contributed by atoms with van der Waals surface area (Å²) in [5, 5.41) is 7.73. The third-order valence-corrected chi connectivity index (χ3v) is 0.560. The number of carboxylic acids is 1. The quantitative estimate of drug-likeness (QED) is 0.344. The van der Waals surface area contributed by atoms with Gasteiger partial charge in [0, 0.05) is 0 Å². The van der Waals surface area contributed by atoms with Gasteiger partial charge in [-0.1, -0.05) is 23.2 Å². The Labute approximate surface area is 73.1 Å². The summed E-state index contributed by atoms with van der Waals surface area (Å²) in [4.78, 5) is 8.15. The minimum atomic E-state index is -1.29. The maximum Gasteiger partial charge on any atom is 1.00 e. The summed E-state index contributed by atoms with van der Waals surface area (Å²) in [6, 6.07) is 0. The average Bonchev–Trinajstić information content (AvgIpc) is 1.36. The molecule has 5 heteroatoms. The second kappa shape index (κ2) is 5.19. The van der Waals surface area contributed by atoms with E-state index in [0.717, 1.165) is 0 Å². The largest absolute Gasteiger partial charge is 1.00 e. The van der Waals surface area contributed by atoms with Gasteiger partial charge < -0.3 is 5.11 Å². The van der Waals surface area contributed by atoms with Crippen LogP contribution < -0.4 is 29.6 Å². The van der Waals surface area contributed by atoms with Crippen molar-refractivity contribution in [2.24, 2.45) is 0 Å². The van der Waals surface area contributed by atoms with Gasteiger partial charge in [-0.3, -0.25) is 0 Å². The van der Waals surface area contributed by atoms with Gasteiger partial charge in [-0.15, -0.1) is 0 Å². The number of carboxylic acid groups (broad SMARTS) is 1. The molecule has 0 unspecified atom stereocenters. The molecule has 0 rings (SSSR count). The topological polar surface area (TPSA) is 37.3 Å². The van der Waals surface area contributed by atoms with E-state index >= 15 is 0 Å². The Kier molecular flexibility index (Phi) is 8.11. The summed E-state index contributed by atoms with van der Waals surface area (Å²) in [6.45, 7) is 0. The number of rotatable bonds is 1. The summed E-state index contributed by atoms with van der Waals surface area (Å²) in [6.07, 6.45) is 0. The molecule has 2 nitrogen and oxygen atoms in total. The van der Waals surface area contributed by atoms with Gasteiger partial charge in [-0.05, 0) is 0 Å². The van der Waals surface area contributed by atoms with Crippen molar-refractivity contribution in [2.75, 3.05) is 0 Å². The Morgan fingerprint density at radius 2 is 1.71 bits per heavy atom. The van der Waals surface area contributed by atoms with Crippen LogP contribution in [0.2, 0.25) is 0 Å². The van der Waals surface area contributed by atoms with E-state index in [1.54, 1.807) is 0 Å².